The van der Waals surface area contributed by atoms with Crippen molar-refractivity contribution in [2.75, 3.05) is 39.3 Å². The average molecular weight is 422 g/mol. The van der Waals surface area contributed by atoms with E-state index in [0.29, 0.717) is 49.6 Å². The fourth-order valence-corrected chi connectivity index (χ4v) is 5.65. The average Bonchev–Trinajstić information content (AvgIpc) is 2.74. The summed E-state index contributed by atoms with van der Waals surface area (Å²) in [6.07, 6.45) is 4.38. The van der Waals surface area contributed by atoms with E-state index in [0.717, 1.165) is 25.8 Å². The van der Waals surface area contributed by atoms with Crippen LogP contribution in [0.15, 0.2) is 29.2 Å². The monoisotopic (exact) mass is 421 g/mol. The molecule has 29 heavy (non-hydrogen) atoms. The molecule has 0 unspecified atom stereocenters. The van der Waals surface area contributed by atoms with Crippen LogP contribution in [0.25, 0.3) is 0 Å². The Morgan fingerprint density at radius 2 is 1.72 bits per heavy atom. The van der Waals surface area contributed by atoms with Gasteiger partial charge in [0.05, 0.1) is 11.4 Å². The van der Waals surface area contributed by atoms with Crippen LogP contribution < -0.4 is 0 Å². The second-order valence-corrected chi connectivity index (χ2v) is 10.4. The standard InChI is InChI=1S/C22H35N3O3S/c1-4-18(2)20-8-10-21(11-9-20)29(27,28)24-15-13-23(14-16-24)17-22(26)25-12-6-5-7-19(25)3/h8-11,18-19H,4-7,12-17H2,1-3H3/t18-,19+/m1/s1. The molecule has 0 saturated carbocycles. The van der Waals surface area contributed by atoms with Gasteiger partial charge in [0.1, 0.15) is 0 Å². The lowest BCUT2D eigenvalue weighted by Crippen LogP contribution is -2.53. The van der Waals surface area contributed by atoms with Crippen LogP contribution in [0.1, 0.15) is 57.9 Å². The number of hydrogen-bond acceptors (Lipinski definition) is 4. The minimum absolute atomic E-state index is 0.175. The van der Waals surface area contributed by atoms with Gasteiger partial charge in [0.25, 0.3) is 0 Å². The quantitative estimate of drug-likeness (QED) is 0.709. The molecule has 2 aliphatic rings. The third kappa shape index (κ3) is 5.19. The number of benzene rings is 1. The van der Waals surface area contributed by atoms with Gasteiger partial charge in [-0.15, -0.1) is 0 Å². The normalized spacial score (nSPS) is 23.1. The molecule has 2 atom stereocenters. The fraction of sp³-hybridized carbons (Fsp3) is 0.682. The number of piperidine rings is 1. The lowest BCUT2D eigenvalue weighted by atomic mass is 9.99. The highest BCUT2D eigenvalue weighted by molar-refractivity contribution is 7.89. The van der Waals surface area contributed by atoms with Crippen molar-refractivity contribution in [3.63, 3.8) is 0 Å². The Morgan fingerprint density at radius 3 is 2.31 bits per heavy atom. The van der Waals surface area contributed by atoms with Gasteiger partial charge < -0.3 is 4.90 Å². The molecule has 1 aromatic carbocycles. The Balaban J connectivity index is 1.56. The number of hydrogen-bond donors (Lipinski definition) is 0. The zero-order valence-corrected chi connectivity index (χ0v) is 18.8. The van der Waals surface area contributed by atoms with Crippen molar-refractivity contribution in [3.8, 4) is 0 Å². The molecule has 0 N–H and O–H groups in total. The Bertz CT molecular complexity index is 786. The summed E-state index contributed by atoms with van der Waals surface area (Å²) in [5, 5.41) is 0. The summed E-state index contributed by atoms with van der Waals surface area (Å²) in [5.41, 5.74) is 1.17. The summed E-state index contributed by atoms with van der Waals surface area (Å²) in [4.78, 5) is 17.1. The Kier molecular flexibility index (Phi) is 7.35. The van der Waals surface area contributed by atoms with Crippen LogP contribution in [0.3, 0.4) is 0 Å². The van der Waals surface area contributed by atoms with Crippen molar-refractivity contribution in [2.45, 2.75) is 63.3 Å². The molecule has 2 heterocycles. The van der Waals surface area contributed by atoms with E-state index in [1.54, 1.807) is 16.4 Å². The summed E-state index contributed by atoms with van der Waals surface area (Å²) in [5.74, 6) is 0.601. The lowest BCUT2D eigenvalue weighted by Gasteiger charge is -2.37. The maximum absolute atomic E-state index is 13.0. The molecule has 162 valence electrons. The third-order valence-corrected chi connectivity index (χ3v) is 8.43. The lowest BCUT2D eigenvalue weighted by molar-refractivity contribution is -0.135. The number of rotatable bonds is 6. The van der Waals surface area contributed by atoms with Crippen LogP contribution >= 0.6 is 0 Å². The Hall–Kier alpha value is -1.44. The fourth-order valence-electron chi connectivity index (χ4n) is 4.23. The van der Waals surface area contributed by atoms with Crippen molar-refractivity contribution >= 4 is 15.9 Å². The predicted molar refractivity (Wildman–Crippen MR) is 115 cm³/mol. The number of amides is 1. The predicted octanol–water partition coefficient (Wildman–Crippen LogP) is 2.91. The van der Waals surface area contributed by atoms with E-state index in [9.17, 15) is 13.2 Å². The van der Waals surface area contributed by atoms with Crippen molar-refractivity contribution in [1.82, 2.24) is 14.1 Å². The van der Waals surface area contributed by atoms with Gasteiger partial charge >= 0.3 is 0 Å². The van der Waals surface area contributed by atoms with Crippen LogP contribution in [0.2, 0.25) is 0 Å². The summed E-state index contributed by atoms with van der Waals surface area (Å²) in [6.45, 7) is 9.68. The van der Waals surface area contributed by atoms with Crippen LogP contribution in [-0.4, -0.2) is 73.7 Å². The molecule has 2 fully saturated rings. The topological polar surface area (TPSA) is 60.9 Å². The van der Waals surface area contributed by atoms with Gasteiger partial charge in [-0.1, -0.05) is 26.0 Å². The summed E-state index contributed by atoms with van der Waals surface area (Å²) in [6, 6.07) is 7.62. The number of likely N-dealkylation sites (tertiary alicyclic amines) is 1. The zero-order chi connectivity index (χ0) is 21.0. The highest BCUT2D eigenvalue weighted by Gasteiger charge is 2.31. The number of carbonyl (C=O) groups is 1. The number of carbonyl (C=O) groups excluding carboxylic acids is 1. The largest absolute Gasteiger partial charge is 0.339 e. The minimum Gasteiger partial charge on any atom is -0.339 e. The van der Waals surface area contributed by atoms with Gasteiger partial charge in [0.2, 0.25) is 15.9 Å². The molecule has 0 aromatic heterocycles. The molecule has 6 nitrogen and oxygen atoms in total. The van der Waals surface area contributed by atoms with Crippen LogP contribution in [0, 0.1) is 0 Å². The minimum atomic E-state index is -3.48. The number of piperazine rings is 1. The van der Waals surface area contributed by atoms with Crippen LogP contribution in [0.4, 0.5) is 0 Å². The molecule has 7 heteroatoms. The smallest absolute Gasteiger partial charge is 0.243 e. The van der Waals surface area contributed by atoms with Gasteiger partial charge in [0, 0.05) is 38.8 Å². The highest BCUT2D eigenvalue weighted by atomic mass is 32.2. The first kappa shape index (κ1) is 22.2. The molecule has 2 saturated heterocycles. The first-order valence-corrected chi connectivity index (χ1v) is 12.4. The van der Waals surface area contributed by atoms with Gasteiger partial charge in [-0.2, -0.15) is 4.31 Å². The van der Waals surface area contributed by atoms with E-state index in [2.05, 4.69) is 25.7 Å². The van der Waals surface area contributed by atoms with Crippen LogP contribution in [-0.2, 0) is 14.8 Å². The maximum atomic E-state index is 13.0. The van der Waals surface area contributed by atoms with Crippen molar-refractivity contribution in [2.24, 2.45) is 0 Å². The summed E-state index contributed by atoms with van der Waals surface area (Å²) < 4.78 is 27.5. The third-order valence-electron chi connectivity index (χ3n) is 6.51. The molecular weight excluding hydrogens is 386 g/mol. The van der Waals surface area contributed by atoms with E-state index in [1.807, 2.05) is 17.0 Å². The van der Waals surface area contributed by atoms with E-state index >= 15 is 0 Å². The number of sulfonamides is 1. The summed E-state index contributed by atoms with van der Waals surface area (Å²) >= 11 is 0. The molecule has 2 aliphatic heterocycles. The van der Waals surface area contributed by atoms with Gasteiger partial charge in [-0.25, -0.2) is 8.42 Å². The molecule has 0 aliphatic carbocycles. The second kappa shape index (κ2) is 9.58. The molecule has 1 amide bonds. The first-order valence-electron chi connectivity index (χ1n) is 10.9. The Labute approximate surface area is 175 Å². The molecule has 0 radical (unpaired) electrons. The zero-order valence-electron chi connectivity index (χ0n) is 18.0. The SMILES string of the molecule is CC[C@@H](C)c1ccc(S(=O)(=O)N2CCN(CC(=O)N3CCCC[C@@H]3C)CC2)cc1. The van der Waals surface area contributed by atoms with Crippen molar-refractivity contribution in [3.05, 3.63) is 29.8 Å². The molecule has 0 spiro atoms. The molecular formula is C22H35N3O3S. The maximum Gasteiger partial charge on any atom is 0.243 e. The van der Waals surface area contributed by atoms with Gasteiger partial charge in [0.15, 0.2) is 0 Å². The van der Waals surface area contributed by atoms with E-state index in [1.165, 1.54) is 12.0 Å². The van der Waals surface area contributed by atoms with Crippen LogP contribution in [0.5, 0.6) is 0 Å². The molecule has 0 bridgehead atoms. The molecule has 3 rings (SSSR count). The first-order chi connectivity index (χ1) is 13.8. The number of nitrogens with zero attached hydrogens (tertiary/aromatic N) is 3. The highest BCUT2D eigenvalue weighted by Crippen LogP contribution is 2.23. The summed E-state index contributed by atoms with van der Waals surface area (Å²) in [7, 11) is -3.48. The second-order valence-electron chi connectivity index (χ2n) is 8.49. The van der Waals surface area contributed by atoms with E-state index in [-0.39, 0.29) is 5.91 Å². The van der Waals surface area contributed by atoms with Crippen molar-refractivity contribution in [1.29, 1.82) is 0 Å². The Morgan fingerprint density at radius 1 is 1.07 bits per heavy atom. The van der Waals surface area contributed by atoms with Gasteiger partial charge in [-0.3, -0.25) is 9.69 Å². The van der Waals surface area contributed by atoms with E-state index in [4.69, 9.17) is 0 Å². The molecule has 1 aromatic rings. The van der Waals surface area contributed by atoms with Crippen molar-refractivity contribution < 1.29 is 13.2 Å². The van der Waals surface area contributed by atoms with Gasteiger partial charge in [-0.05, 0) is 56.2 Å². The van der Waals surface area contributed by atoms with E-state index < -0.39 is 10.0 Å².